The number of hydrogen-bond donors (Lipinski definition) is 0. The molecule has 1 aromatic carbocycles. The van der Waals surface area contributed by atoms with Crippen LogP contribution in [0.15, 0.2) is 41.5 Å². The van der Waals surface area contributed by atoms with Gasteiger partial charge in [0.2, 0.25) is 0 Å². The molecule has 2 nitrogen and oxygen atoms in total. The van der Waals surface area contributed by atoms with Crippen molar-refractivity contribution in [2.24, 2.45) is 0 Å². The molecule has 1 aromatic rings. The minimum atomic E-state index is 0.792. The lowest BCUT2D eigenvalue weighted by atomic mass is 9.93. The maximum absolute atomic E-state index is 9.26. The van der Waals surface area contributed by atoms with Crippen LogP contribution in [0.3, 0.4) is 0 Å². The van der Waals surface area contributed by atoms with Crippen LogP contribution in [0.1, 0.15) is 31.2 Å². The highest BCUT2D eigenvalue weighted by Crippen LogP contribution is 2.25. The molecule has 1 aliphatic carbocycles. The molecule has 92 valence electrons. The molecule has 0 saturated carbocycles. The fourth-order valence-corrected chi connectivity index (χ4v) is 2.15. The van der Waals surface area contributed by atoms with Gasteiger partial charge in [0.1, 0.15) is 5.75 Å². The minimum Gasteiger partial charge on any atom is -0.497 e. The van der Waals surface area contributed by atoms with Crippen LogP contribution in [0.25, 0.3) is 6.08 Å². The number of hydrogen-bond acceptors (Lipinski definition) is 2. The van der Waals surface area contributed by atoms with E-state index in [4.69, 9.17) is 4.74 Å². The zero-order chi connectivity index (χ0) is 12.8. The Morgan fingerprint density at radius 2 is 2.06 bits per heavy atom. The smallest absolute Gasteiger partial charge is 0.118 e. The normalized spacial score (nSPS) is 15.8. The van der Waals surface area contributed by atoms with E-state index in [-0.39, 0.29) is 0 Å². The molecule has 0 bridgehead atoms. The summed E-state index contributed by atoms with van der Waals surface area (Å²) in [5, 5.41) is 9.26. The van der Waals surface area contributed by atoms with Gasteiger partial charge in [0.15, 0.2) is 0 Å². The fourth-order valence-electron chi connectivity index (χ4n) is 2.15. The summed E-state index contributed by atoms with van der Waals surface area (Å²) in [5.74, 6) is 0.836. The first-order chi connectivity index (χ1) is 8.83. The van der Waals surface area contributed by atoms with E-state index in [0.29, 0.717) is 0 Å². The van der Waals surface area contributed by atoms with Gasteiger partial charge >= 0.3 is 0 Å². The Morgan fingerprint density at radius 1 is 1.28 bits per heavy atom. The summed E-state index contributed by atoms with van der Waals surface area (Å²) in [7, 11) is 1.65. The van der Waals surface area contributed by atoms with Gasteiger partial charge in [0.25, 0.3) is 0 Å². The van der Waals surface area contributed by atoms with Crippen molar-refractivity contribution in [3.63, 3.8) is 0 Å². The second-order valence-corrected chi connectivity index (χ2v) is 4.42. The molecule has 18 heavy (non-hydrogen) atoms. The molecule has 0 radical (unpaired) electrons. The van der Waals surface area contributed by atoms with Crippen molar-refractivity contribution in [2.45, 2.75) is 25.7 Å². The van der Waals surface area contributed by atoms with Crippen molar-refractivity contribution in [3.05, 3.63) is 47.1 Å². The van der Waals surface area contributed by atoms with Crippen molar-refractivity contribution < 1.29 is 4.74 Å². The van der Waals surface area contributed by atoms with E-state index in [1.54, 1.807) is 7.11 Å². The van der Waals surface area contributed by atoms with Gasteiger partial charge in [-0.1, -0.05) is 18.2 Å². The van der Waals surface area contributed by atoms with Crippen LogP contribution in [0.2, 0.25) is 0 Å². The van der Waals surface area contributed by atoms with Gasteiger partial charge in [0.05, 0.1) is 18.8 Å². The molecule has 0 atom stereocenters. The molecular weight excluding hydrogens is 222 g/mol. The number of methoxy groups -OCH3 is 1. The van der Waals surface area contributed by atoms with Crippen molar-refractivity contribution in [3.8, 4) is 11.8 Å². The lowest BCUT2D eigenvalue weighted by Crippen LogP contribution is -1.94. The molecule has 0 heterocycles. The average molecular weight is 239 g/mol. The number of allylic oxidation sites excluding steroid dienone is 3. The number of rotatable bonds is 3. The molecule has 0 saturated heterocycles. The lowest BCUT2D eigenvalue weighted by molar-refractivity contribution is 0.415. The van der Waals surface area contributed by atoms with Crippen LogP contribution < -0.4 is 4.74 Å². The predicted molar refractivity (Wildman–Crippen MR) is 73.1 cm³/mol. The zero-order valence-corrected chi connectivity index (χ0v) is 10.6. The second kappa shape index (κ2) is 6.07. The van der Waals surface area contributed by atoms with E-state index in [1.165, 1.54) is 18.4 Å². The Kier molecular flexibility index (Phi) is 4.20. The van der Waals surface area contributed by atoms with Crippen molar-refractivity contribution in [1.29, 1.82) is 5.26 Å². The quantitative estimate of drug-likeness (QED) is 0.744. The van der Waals surface area contributed by atoms with Crippen molar-refractivity contribution >= 4 is 6.08 Å². The SMILES string of the molecule is COc1ccc(C=C(C#N)C2=CCCCC2)cc1. The van der Waals surface area contributed by atoms with Crippen LogP contribution in [0, 0.1) is 11.3 Å². The summed E-state index contributed by atoms with van der Waals surface area (Å²) in [5.41, 5.74) is 3.03. The van der Waals surface area contributed by atoms with Crippen LogP contribution in [0.4, 0.5) is 0 Å². The number of nitriles is 1. The highest BCUT2D eigenvalue weighted by Gasteiger charge is 2.08. The predicted octanol–water partition coefficient (Wildman–Crippen LogP) is 4.10. The van der Waals surface area contributed by atoms with E-state index < -0.39 is 0 Å². The van der Waals surface area contributed by atoms with Crippen LogP contribution in [0.5, 0.6) is 5.75 Å². The van der Waals surface area contributed by atoms with E-state index >= 15 is 0 Å². The summed E-state index contributed by atoms with van der Waals surface area (Å²) in [6.07, 6.45) is 8.70. The molecule has 2 rings (SSSR count). The fraction of sp³-hybridized carbons (Fsp3) is 0.312. The molecule has 0 unspecified atom stereocenters. The van der Waals surface area contributed by atoms with Crippen LogP contribution in [-0.4, -0.2) is 7.11 Å². The standard InChI is InChI=1S/C16H17NO/c1-18-16-9-7-13(8-10-16)11-15(12-17)14-5-3-2-4-6-14/h5,7-11H,2-4,6H2,1H3. The minimum absolute atomic E-state index is 0.792. The Balaban J connectivity index is 2.23. The monoisotopic (exact) mass is 239 g/mol. The van der Waals surface area contributed by atoms with Gasteiger partial charge in [-0.3, -0.25) is 0 Å². The zero-order valence-electron chi connectivity index (χ0n) is 10.6. The Labute approximate surface area is 108 Å². The first-order valence-corrected chi connectivity index (χ1v) is 6.29. The number of nitrogens with zero attached hydrogens (tertiary/aromatic N) is 1. The van der Waals surface area contributed by atoms with Gasteiger partial charge in [-0.25, -0.2) is 0 Å². The highest BCUT2D eigenvalue weighted by atomic mass is 16.5. The lowest BCUT2D eigenvalue weighted by Gasteiger charge is -2.11. The van der Waals surface area contributed by atoms with Crippen molar-refractivity contribution in [2.75, 3.05) is 7.11 Å². The van der Waals surface area contributed by atoms with E-state index in [2.05, 4.69) is 12.1 Å². The third-order valence-corrected chi connectivity index (χ3v) is 3.18. The van der Waals surface area contributed by atoms with Crippen molar-refractivity contribution in [1.82, 2.24) is 0 Å². The third kappa shape index (κ3) is 3.01. The molecule has 0 fully saturated rings. The number of benzene rings is 1. The van der Waals surface area contributed by atoms with Gasteiger partial charge in [0, 0.05) is 0 Å². The largest absolute Gasteiger partial charge is 0.497 e. The summed E-state index contributed by atoms with van der Waals surface area (Å²) in [6, 6.07) is 10.1. The summed E-state index contributed by atoms with van der Waals surface area (Å²) < 4.78 is 5.12. The van der Waals surface area contributed by atoms with E-state index in [9.17, 15) is 5.26 Å². The maximum Gasteiger partial charge on any atom is 0.118 e. The topological polar surface area (TPSA) is 33.0 Å². The molecule has 0 aromatic heterocycles. The van der Waals surface area contributed by atoms with Crippen LogP contribution in [-0.2, 0) is 0 Å². The van der Waals surface area contributed by atoms with E-state index in [0.717, 1.165) is 29.7 Å². The molecule has 0 aliphatic heterocycles. The Bertz CT molecular complexity index is 503. The molecular formula is C16H17NO. The first kappa shape index (κ1) is 12.4. The van der Waals surface area contributed by atoms with Gasteiger partial charge in [-0.15, -0.1) is 0 Å². The Morgan fingerprint density at radius 3 is 2.61 bits per heavy atom. The molecule has 0 N–H and O–H groups in total. The van der Waals surface area contributed by atoms with Crippen LogP contribution >= 0.6 is 0 Å². The molecule has 1 aliphatic rings. The molecule has 0 spiro atoms. The first-order valence-electron chi connectivity index (χ1n) is 6.29. The molecule has 2 heteroatoms. The van der Waals surface area contributed by atoms with Gasteiger partial charge < -0.3 is 4.74 Å². The Hall–Kier alpha value is -2.01. The van der Waals surface area contributed by atoms with Gasteiger partial charge in [-0.05, 0) is 55.0 Å². The van der Waals surface area contributed by atoms with Gasteiger partial charge in [-0.2, -0.15) is 5.26 Å². The highest BCUT2D eigenvalue weighted by molar-refractivity contribution is 5.64. The van der Waals surface area contributed by atoms with E-state index in [1.807, 2.05) is 30.3 Å². The summed E-state index contributed by atoms with van der Waals surface area (Å²) >= 11 is 0. The second-order valence-electron chi connectivity index (χ2n) is 4.42. The maximum atomic E-state index is 9.26. The third-order valence-electron chi connectivity index (χ3n) is 3.18. The number of ether oxygens (including phenoxy) is 1. The summed E-state index contributed by atoms with van der Waals surface area (Å²) in [6.45, 7) is 0. The summed E-state index contributed by atoms with van der Waals surface area (Å²) in [4.78, 5) is 0. The molecule has 0 amide bonds. The average Bonchev–Trinajstić information content (AvgIpc) is 2.46.